The van der Waals surface area contributed by atoms with Crippen LogP contribution in [0.2, 0.25) is 0 Å². The van der Waals surface area contributed by atoms with E-state index in [0.717, 1.165) is 17.5 Å². The van der Waals surface area contributed by atoms with Crippen LogP contribution in [-0.2, 0) is 9.84 Å². The molecule has 26 heavy (non-hydrogen) atoms. The van der Waals surface area contributed by atoms with E-state index < -0.39 is 32.4 Å². The minimum atomic E-state index is -4.68. The first-order valence-electron chi connectivity index (χ1n) is 7.70. The summed E-state index contributed by atoms with van der Waals surface area (Å²) in [6.45, 7) is 1.74. The third-order valence-corrected chi connectivity index (χ3v) is 5.30. The highest BCUT2D eigenvalue weighted by atomic mass is 32.2. The fraction of sp³-hybridized carbons (Fsp3) is 0.167. The van der Waals surface area contributed by atoms with E-state index in [9.17, 15) is 22.0 Å². The van der Waals surface area contributed by atoms with Crippen molar-refractivity contribution >= 4 is 26.7 Å². The molecule has 0 spiro atoms. The van der Waals surface area contributed by atoms with Crippen molar-refractivity contribution < 1.29 is 26.4 Å². The topological polar surface area (TPSA) is 76.4 Å². The minimum Gasteiger partial charge on any atom is -0.459 e. The van der Waals surface area contributed by atoms with Crippen LogP contribution in [0.5, 0.6) is 0 Å². The van der Waals surface area contributed by atoms with Gasteiger partial charge >= 0.3 is 5.76 Å². The molecule has 3 aromatic rings. The van der Waals surface area contributed by atoms with Crippen LogP contribution in [0.25, 0.3) is 11.0 Å². The predicted octanol–water partition coefficient (Wildman–Crippen LogP) is 3.92. The molecule has 136 valence electrons. The third-order valence-electron chi connectivity index (χ3n) is 3.90. The normalized spacial score (nSPS) is 13.1. The Morgan fingerprint density at radius 2 is 1.73 bits per heavy atom. The molecule has 5 nitrogen and oxygen atoms in total. The average Bonchev–Trinajstić information content (AvgIpc) is 3.06. The van der Waals surface area contributed by atoms with E-state index in [2.05, 4.69) is 5.32 Å². The summed E-state index contributed by atoms with van der Waals surface area (Å²) in [5.74, 6) is -3.41. The number of rotatable bonds is 5. The zero-order valence-electron chi connectivity index (χ0n) is 13.6. The molecule has 1 amide bonds. The number of halogens is 2. The second-order valence-corrected chi connectivity index (χ2v) is 7.63. The number of benzene rings is 2. The maximum Gasteiger partial charge on any atom is 0.341 e. The van der Waals surface area contributed by atoms with E-state index in [-0.39, 0.29) is 5.56 Å². The number of hydrogen-bond donors (Lipinski definition) is 1. The minimum absolute atomic E-state index is 0.154. The van der Waals surface area contributed by atoms with E-state index in [1.165, 1.54) is 12.1 Å². The molecule has 0 saturated heterocycles. The van der Waals surface area contributed by atoms with Gasteiger partial charge in [0, 0.05) is 10.9 Å². The number of para-hydroxylation sites is 1. The summed E-state index contributed by atoms with van der Waals surface area (Å²) >= 11 is 0. The Kier molecular flexibility index (Phi) is 4.78. The van der Waals surface area contributed by atoms with Crippen LogP contribution in [0.15, 0.2) is 63.9 Å². The summed E-state index contributed by atoms with van der Waals surface area (Å²) in [6.07, 6.45) is 0. The number of amides is 1. The molecule has 2 aromatic carbocycles. The van der Waals surface area contributed by atoms with Gasteiger partial charge in [-0.15, -0.1) is 0 Å². The Labute approximate surface area is 148 Å². The first-order chi connectivity index (χ1) is 12.3. The number of hydrogen-bond acceptors (Lipinski definition) is 4. The predicted molar refractivity (Wildman–Crippen MR) is 91.7 cm³/mol. The Hall–Kier alpha value is -2.74. The molecule has 1 atom stereocenters. The molecule has 0 bridgehead atoms. The Morgan fingerprint density at radius 1 is 1.08 bits per heavy atom. The van der Waals surface area contributed by atoms with Gasteiger partial charge in [-0.2, -0.15) is 8.78 Å². The van der Waals surface area contributed by atoms with Crippen LogP contribution in [0, 0.1) is 0 Å². The molecular formula is C18H15F2NO4S. The number of carbonyl (C=O) groups is 1. The summed E-state index contributed by atoms with van der Waals surface area (Å²) in [4.78, 5) is 11.8. The van der Waals surface area contributed by atoms with Gasteiger partial charge in [0.05, 0.1) is 10.9 Å². The molecule has 1 N–H and O–H groups in total. The number of carbonyl (C=O) groups excluding carboxylic acids is 1. The van der Waals surface area contributed by atoms with Crippen LogP contribution in [0.4, 0.5) is 8.78 Å². The number of nitrogens with one attached hydrogen (secondary N) is 1. The SMILES string of the molecule is C[C@H](NC(=O)c1ccc(S(=O)(=O)C(F)F)cc1)c1cc2ccccc2o1. The molecule has 0 fully saturated rings. The average molecular weight is 379 g/mol. The first-order valence-corrected chi connectivity index (χ1v) is 9.25. The third kappa shape index (κ3) is 3.45. The number of furan rings is 1. The smallest absolute Gasteiger partial charge is 0.341 e. The lowest BCUT2D eigenvalue weighted by Crippen LogP contribution is -2.26. The Bertz CT molecular complexity index is 1010. The Balaban J connectivity index is 1.75. The van der Waals surface area contributed by atoms with Crippen molar-refractivity contribution in [1.82, 2.24) is 5.32 Å². The van der Waals surface area contributed by atoms with Crippen LogP contribution in [0.1, 0.15) is 29.1 Å². The highest BCUT2D eigenvalue weighted by Gasteiger charge is 2.26. The molecule has 0 radical (unpaired) electrons. The summed E-state index contributed by atoms with van der Waals surface area (Å²) in [5, 5.41) is 3.63. The van der Waals surface area contributed by atoms with Crippen LogP contribution in [0.3, 0.4) is 0 Å². The summed E-state index contributed by atoms with van der Waals surface area (Å²) in [6, 6.07) is 13.2. The van der Waals surface area contributed by atoms with Crippen molar-refractivity contribution in [3.63, 3.8) is 0 Å². The standard InChI is InChI=1S/C18H15F2NO4S/c1-11(16-10-13-4-2-3-5-15(13)25-16)21-17(22)12-6-8-14(9-7-12)26(23,24)18(19)20/h2-11,18H,1H3,(H,21,22)/t11-/m0/s1. The fourth-order valence-corrected chi connectivity index (χ4v) is 3.19. The molecule has 1 heterocycles. The lowest BCUT2D eigenvalue weighted by molar-refractivity contribution is 0.0935. The highest BCUT2D eigenvalue weighted by Crippen LogP contribution is 2.24. The summed E-state index contributed by atoms with van der Waals surface area (Å²) < 4.78 is 53.5. The summed E-state index contributed by atoms with van der Waals surface area (Å²) in [7, 11) is -4.68. The molecule has 0 aliphatic carbocycles. The van der Waals surface area contributed by atoms with E-state index in [1.807, 2.05) is 30.3 Å². The maximum absolute atomic E-state index is 12.5. The first kappa shape index (κ1) is 18.1. The summed E-state index contributed by atoms with van der Waals surface area (Å²) in [5.41, 5.74) is 0.853. The van der Waals surface area contributed by atoms with Gasteiger partial charge < -0.3 is 9.73 Å². The van der Waals surface area contributed by atoms with Gasteiger partial charge in [-0.05, 0) is 43.3 Å². The van der Waals surface area contributed by atoms with Gasteiger partial charge in [0.15, 0.2) is 0 Å². The Morgan fingerprint density at radius 3 is 2.35 bits per heavy atom. The van der Waals surface area contributed by atoms with E-state index in [1.54, 1.807) is 6.92 Å². The van der Waals surface area contributed by atoms with Crippen LogP contribution >= 0.6 is 0 Å². The van der Waals surface area contributed by atoms with Crippen molar-refractivity contribution in [2.45, 2.75) is 23.6 Å². The zero-order chi connectivity index (χ0) is 18.9. The number of alkyl halides is 2. The quantitative estimate of drug-likeness (QED) is 0.729. The van der Waals surface area contributed by atoms with E-state index in [0.29, 0.717) is 11.3 Å². The fourth-order valence-electron chi connectivity index (χ4n) is 2.47. The van der Waals surface area contributed by atoms with Gasteiger partial charge in [-0.3, -0.25) is 4.79 Å². The van der Waals surface area contributed by atoms with Gasteiger partial charge in [0.1, 0.15) is 11.3 Å². The molecule has 0 aliphatic rings. The molecule has 1 aromatic heterocycles. The zero-order valence-corrected chi connectivity index (χ0v) is 14.5. The lowest BCUT2D eigenvalue weighted by Gasteiger charge is -2.11. The number of sulfone groups is 1. The van der Waals surface area contributed by atoms with Crippen molar-refractivity contribution in [3.8, 4) is 0 Å². The van der Waals surface area contributed by atoms with Crippen LogP contribution in [-0.4, -0.2) is 20.1 Å². The van der Waals surface area contributed by atoms with Crippen molar-refractivity contribution in [2.24, 2.45) is 0 Å². The van der Waals surface area contributed by atoms with Gasteiger partial charge in [-0.1, -0.05) is 18.2 Å². The molecule has 8 heteroatoms. The molecule has 3 rings (SSSR count). The van der Waals surface area contributed by atoms with Gasteiger partial charge in [-0.25, -0.2) is 8.42 Å². The number of fused-ring (bicyclic) bond motifs is 1. The molecule has 0 aliphatic heterocycles. The van der Waals surface area contributed by atoms with Crippen LogP contribution < -0.4 is 5.32 Å². The highest BCUT2D eigenvalue weighted by molar-refractivity contribution is 7.91. The van der Waals surface area contributed by atoms with E-state index in [4.69, 9.17) is 4.42 Å². The maximum atomic E-state index is 12.5. The van der Waals surface area contributed by atoms with Crippen molar-refractivity contribution in [1.29, 1.82) is 0 Å². The molecule has 0 saturated carbocycles. The van der Waals surface area contributed by atoms with Gasteiger partial charge in [0.25, 0.3) is 5.91 Å². The largest absolute Gasteiger partial charge is 0.459 e. The molecular weight excluding hydrogens is 364 g/mol. The van der Waals surface area contributed by atoms with Crippen molar-refractivity contribution in [2.75, 3.05) is 0 Å². The second kappa shape index (κ2) is 6.87. The van der Waals surface area contributed by atoms with Crippen molar-refractivity contribution in [3.05, 3.63) is 65.9 Å². The molecule has 0 unspecified atom stereocenters. The van der Waals surface area contributed by atoms with E-state index >= 15 is 0 Å². The van der Waals surface area contributed by atoms with Gasteiger partial charge in [0.2, 0.25) is 9.84 Å². The lowest BCUT2D eigenvalue weighted by atomic mass is 10.1. The second-order valence-electron chi connectivity index (χ2n) is 5.71. The monoisotopic (exact) mass is 379 g/mol.